The summed E-state index contributed by atoms with van der Waals surface area (Å²) in [5.41, 5.74) is 1.28. The molecule has 1 aromatic rings. The van der Waals surface area contributed by atoms with Crippen molar-refractivity contribution in [3.63, 3.8) is 0 Å². The van der Waals surface area contributed by atoms with Crippen molar-refractivity contribution in [3.8, 4) is 0 Å². The minimum absolute atomic E-state index is 0.344. The van der Waals surface area contributed by atoms with Crippen molar-refractivity contribution in [2.24, 2.45) is 0 Å². The Labute approximate surface area is 113 Å². The quantitative estimate of drug-likeness (QED) is 0.811. The highest BCUT2D eigenvalue weighted by Gasteiger charge is 2.20. The van der Waals surface area contributed by atoms with Crippen LogP contribution >= 0.6 is 0 Å². The second kappa shape index (κ2) is 6.52. The van der Waals surface area contributed by atoms with Gasteiger partial charge in [0.1, 0.15) is 5.69 Å². The summed E-state index contributed by atoms with van der Waals surface area (Å²) in [6.07, 6.45) is 6.28. The van der Waals surface area contributed by atoms with Crippen LogP contribution < -0.4 is 10.6 Å². The third kappa shape index (κ3) is 3.67. The van der Waals surface area contributed by atoms with Gasteiger partial charge < -0.3 is 15.4 Å². The number of pyridine rings is 1. The van der Waals surface area contributed by atoms with Gasteiger partial charge in [0.2, 0.25) is 0 Å². The van der Waals surface area contributed by atoms with Crippen LogP contribution in [0, 0.1) is 0 Å². The topological polar surface area (TPSA) is 63.2 Å². The monoisotopic (exact) mass is 263 g/mol. The molecule has 0 saturated heterocycles. The average Bonchev–Trinajstić information content (AvgIpc) is 2.47. The van der Waals surface area contributed by atoms with E-state index in [1.165, 1.54) is 20.0 Å². The highest BCUT2D eigenvalue weighted by Crippen LogP contribution is 2.22. The van der Waals surface area contributed by atoms with E-state index in [1.54, 1.807) is 12.3 Å². The molecule has 1 aliphatic carbocycles. The first kappa shape index (κ1) is 13.8. The molecule has 0 aliphatic heterocycles. The Morgan fingerprint density at radius 3 is 2.63 bits per heavy atom. The van der Waals surface area contributed by atoms with Gasteiger partial charge in [-0.1, -0.05) is 0 Å². The number of anilines is 1. The summed E-state index contributed by atoms with van der Waals surface area (Å²) in [5.74, 6) is -0.400. The number of rotatable bonds is 4. The summed E-state index contributed by atoms with van der Waals surface area (Å²) >= 11 is 0. The van der Waals surface area contributed by atoms with Crippen LogP contribution in [-0.2, 0) is 4.74 Å². The van der Waals surface area contributed by atoms with Crippen molar-refractivity contribution in [3.05, 3.63) is 24.0 Å². The molecule has 5 nitrogen and oxygen atoms in total. The van der Waals surface area contributed by atoms with Crippen LogP contribution in [0.15, 0.2) is 18.3 Å². The van der Waals surface area contributed by atoms with Crippen molar-refractivity contribution in [1.29, 1.82) is 0 Å². The number of hydrogen-bond donors (Lipinski definition) is 2. The molecule has 104 valence electrons. The zero-order valence-electron chi connectivity index (χ0n) is 11.5. The van der Waals surface area contributed by atoms with E-state index in [4.69, 9.17) is 0 Å². The molecule has 0 bridgehead atoms. The molecule has 19 heavy (non-hydrogen) atoms. The molecule has 1 saturated carbocycles. The third-order valence-corrected chi connectivity index (χ3v) is 3.66. The Morgan fingerprint density at radius 2 is 2.00 bits per heavy atom. The number of carbonyl (C=O) groups is 1. The van der Waals surface area contributed by atoms with Crippen LogP contribution in [0.3, 0.4) is 0 Å². The molecule has 1 aliphatic rings. The van der Waals surface area contributed by atoms with Gasteiger partial charge in [0.05, 0.1) is 7.11 Å². The molecule has 1 heterocycles. The van der Waals surface area contributed by atoms with Crippen LogP contribution in [0.1, 0.15) is 36.2 Å². The molecule has 1 fully saturated rings. The number of nitrogens with one attached hydrogen (secondary N) is 2. The van der Waals surface area contributed by atoms with Gasteiger partial charge in [-0.05, 0) is 44.9 Å². The van der Waals surface area contributed by atoms with Crippen molar-refractivity contribution in [1.82, 2.24) is 10.3 Å². The molecular weight excluding hydrogens is 242 g/mol. The molecular formula is C14H21N3O2. The van der Waals surface area contributed by atoms with Gasteiger partial charge in [-0.25, -0.2) is 9.78 Å². The van der Waals surface area contributed by atoms with E-state index in [-0.39, 0.29) is 0 Å². The van der Waals surface area contributed by atoms with Gasteiger partial charge in [-0.3, -0.25) is 0 Å². The normalized spacial score (nSPS) is 22.8. The van der Waals surface area contributed by atoms with E-state index in [9.17, 15) is 4.79 Å². The van der Waals surface area contributed by atoms with Gasteiger partial charge in [0.25, 0.3) is 0 Å². The highest BCUT2D eigenvalue weighted by atomic mass is 16.5. The smallest absolute Gasteiger partial charge is 0.356 e. The van der Waals surface area contributed by atoms with Crippen molar-refractivity contribution < 1.29 is 9.53 Å². The Bertz CT molecular complexity index is 428. The summed E-state index contributed by atoms with van der Waals surface area (Å²) in [6, 6.07) is 4.74. The first-order chi connectivity index (χ1) is 9.22. The molecule has 0 aromatic carbocycles. The average molecular weight is 263 g/mol. The van der Waals surface area contributed by atoms with Crippen LogP contribution in [0.5, 0.6) is 0 Å². The Morgan fingerprint density at radius 1 is 1.32 bits per heavy atom. The Balaban J connectivity index is 1.94. The molecule has 0 amide bonds. The van der Waals surface area contributed by atoms with E-state index in [0.29, 0.717) is 17.8 Å². The first-order valence-electron chi connectivity index (χ1n) is 6.71. The largest absolute Gasteiger partial charge is 0.464 e. The van der Waals surface area contributed by atoms with Gasteiger partial charge >= 0.3 is 5.97 Å². The SMILES string of the molecule is CNC1CCC(Nc2ccnc(C(=O)OC)c2)CC1. The Hall–Kier alpha value is -1.62. The second-order valence-electron chi connectivity index (χ2n) is 4.90. The number of methoxy groups -OCH3 is 1. The molecule has 1 aromatic heterocycles. The van der Waals surface area contributed by atoms with E-state index in [2.05, 4.69) is 20.4 Å². The summed E-state index contributed by atoms with van der Waals surface area (Å²) in [5, 5.41) is 6.79. The lowest BCUT2D eigenvalue weighted by Crippen LogP contribution is -2.35. The lowest BCUT2D eigenvalue weighted by Gasteiger charge is -2.29. The first-order valence-corrected chi connectivity index (χ1v) is 6.71. The van der Waals surface area contributed by atoms with Gasteiger partial charge in [-0.2, -0.15) is 0 Å². The molecule has 0 spiro atoms. The fourth-order valence-corrected chi connectivity index (χ4v) is 2.50. The van der Waals surface area contributed by atoms with Crippen LogP contribution in [-0.4, -0.2) is 37.2 Å². The van der Waals surface area contributed by atoms with Crippen LogP contribution in [0.25, 0.3) is 0 Å². The second-order valence-corrected chi connectivity index (χ2v) is 4.90. The fraction of sp³-hybridized carbons (Fsp3) is 0.571. The van der Waals surface area contributed by atoms with E-state index in [1.807, 2.05) is 13.1 Å². The molecule has 0 atom stereocenters. The van der Waals surface area contributed by atoms with E-state index < -0.39 is 5.97 Å². The lowest BCUT2D eigenvalue weighted by atomic mass is 9.91. The summed E-state index contributed by atoms with van der Waals surface area (Å²) in [6.45, 7) is 0. The number of aromatic nitrogens is 1. The third-order valence-electron chi connectivity index (χ3n) is 3.66. The number of carbonyl (C=O) groups excluding carboxylic acids is 1. The molecule has 0 unspecified atom stereocenters. The van der Waals surface area contributed by atoms with Crippen LogP contribution in [0.4, 0.5) is 5.69 Å². The predicted octanol–water partition coefficient (Wildman–Crippen LogP) is 1.81. The maximum absolute atomic E-state index is 11.4. The van der Waals surface area contributed by atoms with Gasteiger partial charge in [-0.15, -0.1) is 0 Å². The van der Waals surface area contributed by atoms with Crippen molar-refractivity contribution >= 4 is 11.7 Å². The number of nitrogens with zero attached hydrogens (tertiary/aromatic N) is 1. The number of ether oxygens (including phenoxy) is 1. The highest BCUT2D eigenvalue weighted by molar-refractivity contribution is 5.88. The summed E-state index contributed by atoms with van der Waals surface area (Å²) < 4.78 is 4.67. The number of hydrogen-bond acceptors (Lipinski definition) is 5. The lowest BCUT2D eigenvalue weighted by molar-refractivity contribution is 0.0594. The zero-order valence-corrected chi connectivity index (χ0v) is 11.5. The van der Waals surface area contributed by atoms with Gasteiger partial charge in [0, 0.05) is 24.0 Å². The van der Waals surface area contributed by atoms with E-state index in [0.717, 1.165) is 18.5 Å². The summed E-state index contributed by atoms with van der Waals surface area (Å²) in [4.78, 5) is 15.4. The van der Waals surface area contributed by atoms with Crippen molar-refractivity contribution in [2.75, 3.05) is 19.5 Å². The standard InChI is InChI=1S/C14H21N3O2/c1-15-10-3-5-11(6-4-10)17-12-7-8-16-13(9-12)14(18)19-2/h7-11,15H,3-6H2,1-2H3,(H,16,17). The van der Waals surface area contributed by atoms with Crippen LogP contribution in [0.2, 0.25) is 0 Å². The summed E-state index contributed by atoms with van der Waals surface area (Å²) in [7, 11) is 3.38. The Kier molecular flexibility index (Phi) is 4.74. The minimum atomic E-state index is -0.400. The molecule has 2 N–H and O–H groups in total. The minimum Gasteiger partial charge on any atom is -0.464 e. The van der Waals surface area contributed by atoms with E-state index >= 15 is 0 Å². The fourth-order valence-electron chi connectivity index (χ4n) is 2.50. The van der Waals surface area contributed by atoms with Crippen molar-refractivity contribution in [2.45, 2.75) is 37.8 Å². The number of esters is 1. The molecule has 0 radical (unpaired) electrons. The molecule has 5 heteroatoms. The maximum Gasteiger partial charge on any atom is 0.356 e. The maximum atomic E-state index is 11.4. The van der Waals surface area contributed by atoms with Gasteiger partial charge in [0.15, 0.2) is 0 Å². The zero-order chi connectivity index (χ0) is 13.7. The predicted molar refractivity (Wildman–Crippen MR) is 74.3 cm³/mol. The molecule has 2 rings (SSSR count).